The molecule has 25 heavy (non-hydrogen) atoms. The average Bonchev–Trinajstić information content (AvgIpc) is 2.64. The zero-order valence-electron chi connectivity index (χ0n) is 13.5. The largest absolute Gasteiger partial charge is 0.496 e. The van der Waals surface area contributed by atoms with E-state index in [1.54, 1.807) is 30.3 Å². The summed E-state index contributed by atoms with van der Waals surface area (Å²) in [6.07, 6.45) is 0. The van der Waals surface area contributed by atoms with E-state index in [4.69, 9.17) is 21.1 Å². The number of rotatable bonds is 5. The molecule has 0 unspecified atom stereocenters. The number of methoxy groups -OCH3 is 1. The van der Waals surface area contributed by atoms with Gasteiger partial charge in [0.05, 0.1) is 7.11 Å². The number of benzene rings is 3. The highest BCUT2D eigenvalue weighted by Gasteiger charge is 2.17. The molecule has 0 heterocycles. The molecule has 0 saturated heterocycles. The van der Waals surface area contributed by atoms with Crippen LogP contribution in [-0.4, -0.2) is 25.5 Å². The summed E-state index contributed by atoms with van der Waals surface area (Å²) in [4.78, 5) is 24.5. The van der Waals surface area contributed by atoms with Crippen LogP contribution >= 0.6 is 11.6 Å². The molecule has 0 amide bonds. The third-order valence-electron chi connectivity index (χ3n) is 3.77. The number of ether oxygens (including phenoxy) is 2. The Morgan fingerprint density at radius 2 is 1.68 bits per heavy atom. The van der Waals surface area contributed by atoms with E-state index < -0.39 is 5.97 Å². The van der Waals surface area contributed by atoms with E-state index in [1.165, 1.54) is 13.2 Å². The van der Waals surface area contributed by atoms with Gasteiger partial charge in [0.25, 0.3) is 0 Å². The van der Waals surface area contributed by atoms with Gasteiger partial charge in [-0.15, -0.1) is 0 Å². The number of carbonyl (C=O) groups is 2. The molecule has 0 aliphatic rings. The minimum Gasteiger partial charge on any atom is -0.496 e. The predicted octanol–water partition coefficient (Wildman–Crippen LogP) is 4.54. The number of carbonyl (C=O) groups excluding carboxylic acids is 2. The number of esters is 1. The molecular weight excluding hydrogens is 340 g/mol. The summed E-state index contributed by atoms with van der Waals surface area (Å²) < 4.78 is 10.4. The van der Waals surface area contributed by atoms with E-state index >= 15 is 0 Å². The fourth-order valence-corrected chi connectivity index (χ4v) is 2.69. The van der Waals surface area contributed by atoms with Gasteiger partial charge in [-0.05, 0) is 35.0 Å². The van der Waals surface area contributed by atoms with Crippen molar-refractivity contribution in [1.29, 1.82) is 0 Å². The van der Waals surface area contributed by atoms with E-state index in [2.05, 4.69) is 0 Å². The lowest BCUT2D eigenvalue weighted by atomic mass is 10.1. The van der Waals surface area contributed by atoms with Gasteiger partial charge in [0.2, 0.25) is 0 Å². The Hall–Kier alpha value is -2.85. The first kappa shape index (κ1) is 17.0. The van der Waals surface area contributed by atoms with Crippen molar-refractivity contribution in [3.63, 3.8) is 0 Å². The van der Waals surface area contributed by atoms with Crippen molar-refractivity contribution in [1.82, 2.24) is 0 Å². The second-order valence-electron chi connectivity index (χ2n) is 5.41. The Balaban J connectivity index is 1.79. The molecule has 3 aromatic rings. The first-order valence-electron chi connectivity index (χ1n) is 7.61. The highest BCUT2D eigenvalue weighted by molar-refractivity contribution is 6.31. The Labute approximate surface area is 149 Å². The number of hydrogen-bond donors (Lipinski definition) is 0. The zero-order chi connectivity index (χ0) is 17.8. The number of hydrogen-bond acceptors (Lipinski definition) is 4. The molecule has 4 nitrogen and oxygen atoms in total. The molecule has 0 radical (unpaired) electrons. The second-order valence-corrected chi connectivity index (χ2v) is 5.85. The summed E-state index contributed by atoms with van der Waals surface area (Å²) in [7, 11) is 1.48. The third-order valence-corrected chi connectivity index (χ3v) is 4.00. The van der Waals surface area contributed by atoms with Crippen molar-refractivity contribution < 1.29 is 19.1 Å². The van der Waals surface area contributed by atoms with Gasteiger partial charge < -0.3 is 9.47 Å². The topological polar surface area (TPSA) is 52.6 Å². The molecule has 0 atom stereocenters. The van der Waals surface area contributed by atoms with Crippen LogP contribution in [0.4, 0.5) is 0 Å². The van der Waals surface area contributed by atoms with Crippen LogP contribution in [0.15, 0.2) is 60.7 Å². The Morgan fingerprint density at radius 3 is 2.36 bits per heavy atom. The molecule has 0 saturated carbocycles. The molecule has 0 aliphatic carbocycles. The van der Waals surface area contributed by atoms with Crippen molar-refractivity contribution in [3.05, 3.63) is 76.8 Å². The van der Waals surface area contributed by atoms with Gasteiger partial charge in [0.1, 0.15) is 11.3 Å². The van der Waals surface area contributed by atoms with E-state index in [0.717, 1.165) is 10.8 Å². The van der Waals surface area contributed by atoms with Crippen LogP contribution < -0.4 is 4.74 Å². The molecular formula is C20H15ClO4. The van der Waals surface area contributed by atoms with Gasteiger partial charge in [-0.3, -0.25) is 4.79 Å². The summed E-state index contributed by atoms with van der Waals surface area (Å²) in [5, 5.41) is 2.29. The lowest BCUT2D eigenvalue weighted by molar-refractivity contribution is 0.0472. The maximum absolute atomic E-state index is 12.4. The summed E-state index contributed by atoms with van der Waals surface area (Å²) in [5.74, 6) is -0.535. The van der Waals surface area contributed by atoms with Gasteiger partial charge in [-0.2, -0.15) is 0 Å². The molecule has 0 aliphatic heterocycles. The third kappa shape index (κ3) is 3.80. The number of Topliss-reactive ketones (excluding diaryl/α,β-unsaturated/α-hetero) is 1. The van der Waals surface area contributed by atoms with Crippen LogP contribution in [0.5, 0.6) is 5.75 Å². The van der Waals surface area contributed by atoms with E-state index in [-0.39, 0.29) is 18.0 Å². The lowest BCUT2D eigenvalue weighted by Gasteiger charge is -2.10. The quantitative estimate of drug-likeness (QED) is 0.498. The first-order valence-corrected chi connectivity index (χ1v) is 7.99. The normalized spacial score (nSPS) is 10.5. The predicted molar refractivity (Wildman–Crippen MR) is 96.6 cm³/mol. The van der Waals surface area contributed by atoms with E-state index in [9.17, 15) is 9.59 Å². The summed E-state index contributed by atoms with van der Waals surface area (Å²) in [6.45, 7) is -0.366. The molecule has 0 spiro atoms. The van der Waals surface area contributed by atoms with E-state index in [1.807, 2.05) is 24.3 Å². The molecule has 0 aromatic heterocycles. The second kappa shape index (κ2) is 7.36. The minimum atomic E-state index is -0.613. The highest BCUT2D eigenvalue weighted by atomic mass is 35.5. The zero-order valence-corrected chi connectivity index (χ0v) is 14.2. The lowest BCUT2D eigenvalue weighted by Crippen LogP contribution is -2.15. The van der Waals surface area contributed by atoms with E-state index in [0.29, 0.717) is 16.3 Å². The molecule has 3 rings (SSSR count). The molecule has 0 bridgehead atoms. The molecule has 0 N–H and O–H groups in total. The van der Waals surface area contributed by atoms with Crippen LogP contribution in [0.1, 0.15) is 20.7 Å². The summed E-state index contributed by atoms with van der Waals surface area (Å²) >= 11 is 5.87. The number of ketones is 1. The standard InChI is InChI=1S/C20H15ClO4/c1-24-19-11-14-6-3-2-5-13(14)10-17(19)20(23)25-12-18(22)15-7-4-8-16(21)9-15/h2-11H,12H2,1H3. The first-order chi connectivity index (χ1) is 12.1. The van der Waals surface area contributed by atoms with Crippen molar-refractivity contribution in [2.24, 2.45) is 0 Å². The molecule has 5 heteroatoms. The molecule has 126 valence electrons. The van der Waals surface area contributed by atoms with Crippen molar-refractivity contribution >= 4 is 34.1 Å². The maximum atomic E-state index is 12.4. The van der Waals surface area contributed by atoms with Crippen molar-refractivity contribution in [2.75, 3.05) is 13.7 Å². The van der Waals surface area contributed by atoms with Crippen LogP contribution in [0.3, 0.4) is 0 Å². The van der Waals surface area contributed by atoms with Gasteiger partial charge in [-0.1, -0.05) is 48.0 Å². The molecule has 3 aromatic carbocycles. The fourth-order valence-electron chi connectivity index (χ4n) is 2.50. The average molecular weight is 355 g/mol. The van der Waals surface area contributed by atoms with Crippen LogP contribution in [-0.2, 0) is 4.74 Å². The van der Waals surface area contributed by atoms with Crippen molar-refractivity contribution in [3.8, 4) is 5.75 Å². The summed E-state index contributed by atoms with van der Waals surface area (Å²) in [6, 6.07) is 17.6. The SMILES string of the molecule is COc1cc2ccccc2cc1C(=O)OCC(=O)c1cccc(Cl)c1. The monoisotopic (exact) mass is 354 g/mol. The van der Waals surface area contributed by atoms with Crippen LogP contribution in [0.25, 0.3) is 10.8 Å². The Kier molecular flexibility index (Phi) is 5.00. The van der Waals surface area contributed by atoms with Gasteiger partial charge in [0, 0.05) is 10.6 Å². The number of halogens is 1. The van der Waals surface area contributed by atoms with Gasteiger partial charge >= 0.3 is 5.97 Å². The fraction of sp³-hybridized carbons (Fsp3) is 0.100. The maximum Gasteiger partial charge on any atom is 0.342 e. The Bertz CT molecular complexity index is 949. The molecule has 0 fully saturated rings. The van der Waals surface area contributed by atoms with Crippen molar-refractivity contribution in [2.45, 2.75) is 0 Å². The van der Waals surface area contributed by atoms with Crippen LogP contribution in [0, 0.1) is 0 Å². The Morgan fingerprint density at radius 1 is 0.960 bits per heavy atom. The van der Waals surface area contributed by atoms with Gasteiger partial charge in [0.15, 0.2) is 12.4 Å². The summed E-state index contributed by atoms with van der Waals surface area (Å²) in [5.41, 5.74) is 0.672. The van der Waals surface area contributed by atoms with Crippen LogP contribution in [0.2, 0.25) is 5.02 Å². The minimum absolute atomic E-state index is 0.278. The number of fused-ring (bicyclic) bond motifs is 1. The highest BCUT2D eigenvalue weighted by Crippen LogP contribution is 2.26. The smallest absolute Gasteiger partial charge is 0.342 e. The van der Waals surface area contributed by atoms with Gasteiger partial charge in [-0.25, -0.2) is 4.79 Å².